The van der Waals surface area contributed by atoms with Gasteiger partial charge in [-0.25, -0.2) is 4.98 Å². The average molecular weight is 367 g/mol. The summed E-state index contributed by atoms with van der Waals surface area (Å²) in [6.45, 7) is 0. The van der Waals surface area contributed by atoms with Gasteiger partial charge in [-0.3, -0.25) is 4.79 Å². The zero-order valence-corrected chi connectivity index (χ0v) is 14.9. The first-order chi connectivity index (χ1) is 12.2. The lowest BCUT2D eigenvalue weighted by Gasteiger charge is -2.05. The number of hydrogen-bond acceptors (Lipinski definition) is 3. The van der Waals surface area contributed by atoms with Gasteiger partial charge < -0.3 is 4.98 Å². The molecule has 0 aliphatic rings. The highest BCUT2D eigenvalue weighted by molar-refractivity contribution is 7.10. The highest BCUT2D eigenvalue weighted by Gasteiger charge is 2.12. The number of hydrogen-bond donors (Lipinski definition) is 1. The first kappa shape index (κ1) is 16.1. The second-order valence-electron chi connectivity index (χ2n) is 5.89. The van der Waals surface area contributed by atoms with Crippen LogP contribution in [0.2, 0.25) is 5.02 Å². The van der Waals surface area contributed by atoms with E-state index in [0.717, 1.165) is 32.9 Å². The van der Waals surface area contributed by atoms with E-state index in [4.69, 9.17) is 11.6 Å². The monoisotopic (exact) mass is 366 g/mol. The zero-order chi connectivity index (χ0) is 17.2. The van der Waals surface area contributed by atoms with E-state index < -0.39 is 0 Å². The molecule has 0 atom stereocenters. The third-order valence-corrected chi connectivity index (χ3v) is 5.23. The van der Waals surface area contributed by atoms with Crippen molar-refractivity contribution >= 4 is 39.8 Å². The zero-order valence-electron chi connectivity index (χ0n) is 13.3. The Balaban J connectivity index is 1.61. The molecule has 0 unspecified atom stereocenters. The molecule has 4 aromatic rings. The summed E-state index contributed by atoms with van der Waals surface area (Å²) >= 11 is 7.98. The molecule has 0 aliphatic carbocycles. The number of benzene rings is 2. The summed E-state index contributed by atoms with van der Waals surface area (Å²) in [7, 11) is 0. The molecule has 4 rings (SSSR count). The molecule has 0 spiro atoms. The first-order valence-electron chi connectivity index (χ1n) is 7.97. The summed E-state index contributed by atoms with van der Waals surface area (Å²) in [6, 6.07) is 17.5. The van der Waals surface area contributed by atoms with E-state index in [2.05, 4.69) is 9.97 Å². The highest BCUT2D eigenvalue weighted by atomic mass is 35.5. The van der Waals surface area contributed by atoms with Gasteiger partial charge in [-0.2, -0.15) is 0 Å². The second-order valence-corrected chi connectivity index (χ2v) is 7.33. The molecule has 0 radical (unpaired) electrons. The number of rotatable bonds is 5. The second kappa shape index (κ2) is 6.82. The number of fused-ring (bicyclic) bond motifs is 1. The molecule has 2 heterocycles. The highest BCUT2D eigenvalue weighted by Crippen LogP contribution is 2.29. The Hall–Kier alpha value is -2.43. The number of aromatic nitrogens is 2. The van der Waals surface area contributed by atoms with Crippen molar-refractivity contribution in [1.29, 1.82) is 0 Å². The fourth-order valence-electron chi connectivity index (χ4n) is 2.84. The molecule has 0 saturated carbocycles. The third-order valence-electron chi connectivity index (χ3n) is 4.03. The lowest BCUT2D eigenvalue weighted by molar-refractivity contribution is -0.117. The number of para-hydroxylation sites is 2. The first-order valence-corrected chi connectivity index (χ1v) is 9.22. The molecular weight excluding hydrogens is 352 g/mol. The van der Waals surface area contributed by atoms with Crippen LogP contribution in [0.5, 0.6) is 0 Å². The molecule has 0 fully saturated rings. The van der Waals surface area contributed by atoms with Gasteiger partial charge in [0.05, 0.1) is 16.1 Å². The summed E-state index contributed by atoms with van der Waals surface area (Å²) in [5.74, 6) is 0.916. The van der Waals surface area contributed by atoms with Crippen LogP contribution in [0, 0.1) is 0 Å². The van der Waals surface area contributed by atoms with Crippen LogP contribution in [0.4, 0.5) is 0 Å². The third kappa shape index (κ3) is 3.50. The maximum absolute atomic E-state index is 12.3. The van der Waals surface area contributed by atoms with Crippen LogP contribution in [0.1, 0.15) is 10.4 Å². The van der Waals surface area contributed by atoms with Crippen molar-refractivity contribution in [3.8, 4) is 11.4 Å². The van der Waals surface area contributed by atoms with Crippen molar-refractivity contribution in [1.82, 2.24) is 9.97 Å². The SMILES string of the molecule is O=C(Cc1ccc(Cl)c(-c2nc3ccccc3[nH]2)c1)Cc1cccs1. The molecule has 5 heteroatoms. The Morgan fingerprint density at radius 2 is 1.96 bits per heavy atom. The Morgan fingerprint density at radius 3 is 2.76 bits per heavy atom. The number of nitrogens with one attached hydrogen (secondary N) is 1. The molecule has 1 N–H and O–H groups in total. The average Bonchev–Trinajstić information content (AvgIpc) is 3.25. The largest absolute Gasteiger partial charge is 0.338 e. The Bertz CT molecular complexity index is 1000. The van der Waals surface area contributed by atoms with Gasteiger partial charge in [-0.05, 0) is 41.3 Å². The molecule has 0 bridgehead atoms. The quantitative estimate of drug-likeness (QED) is 0.521. The van der Waals surface area contributed by atoms with Gasteiger partial charge >= 0.3 is 0 Å². The number of aromatic amines is 1. The molecule has 0 aliphatic heterocycles. The molecule has 124 valence electrons. The number of Topliss-reactive ketones (excluding diaryl/α,β-unsaturated/α-hetero) is 1. The summed E-state index contributed by atoms with van der Waals surface area (Å²) in [4.78, 5) is 21.3. The van der Waals surface area contributed by atoms with Crippen LogP contribution >= 0.6 is 22.9 Å². The standard InChI is InChI=1S/C20H15ClN2OS/c21-17-8-7-13(10-14(24)12-15-4-3-9-25-15)11-16(17)20-22-18-5-1-2-6-19(18)23-20/h1-9,11H,10,12H2,(H,22,23). The Kier molecular flexibility index (Phi) is 4.38. The van der Waals surface area contributed by atoms with E-state index in [9.17, 15) is 4.79 Å². The minimum atomic E-state index is 0.195. The fraction of sp³-hybridized carbons (Fsp3) is 0.100. The van der Waals surface area contributed by atoms with Gasteiger partial charge in [0, 0.05) is 23.3 Å². The maximum atomic E-state index is 12.3. The predicted octanol–water partition coefficient (Wildman–Crippen LogP) is 5.30. The van der Waals surface area contributed by atoms with E-state index in [0.29, 0.717) is 17.9 Å². The van der Waals surface area contributed by atoms with Crippen molar-refractivity contribution in [2.75, 3.05) is 0 Å². The van der Waals surface area contributed by atoms with E-state index in [1.165, 1.54) is 0 Å². The molecule has 2 aromatic heterocycles. The van der Waals surface area contributed by atoms with Gasteiger partial charge in [0.25, 0.3) is 0 Å². The minimum absolute atomic E-state index is 0.195. The van der Waals surface area contributed by atoms with Gasteiger partial charge in [-0.15, -0.1) is 11.3 Å². The number of ketones is 1. The Morgan fingerprint density at radius 1 is 1.08 bits per heavy atom. The number of halogens is 1. The van der Waals surface area contributed by atoms with Gasteiger partial charge in [0.2, 0.25) is 0 Å². The van der Waals surface area contributed by atoms with Crippen molar-refractivity contribution < 1.29 is 4.79 Å². The van der Waals surface area contributed by atoms with Crippen LogP contribution in [0.25, 0.3) is 22.4 Å². The normalized spacial score (nSPS) is 11.1. The molecule has 2 aromatic carbocycles. The molecule has 3 nitrogen and oxygen atoms in total. The summed E-state index contributed by atoms with van der Waals surface area (Å²) < 4.78 is 0. The van der Waals surface area contributed by atoms with Gasteiger partial charge in [0.1, 0.15) is 11.6 Å². The van der Waals surface area contributed by atoms with E-state index in [1.807, 2.05) is 60.0 Å². The predicted molar refractivity (Wildman–Crippen MR) is 103 cm³/mol. The number of nitrogens with zero attached hydrogens (tertiary/aromatic N) is 1. The van der Waals surface area contributed by atoms with Crippen LogP contribution in [-0.4, -0.2) is 15.8 Å². The van der Waals surface area contributed by atoms with E-state index in [1.54, 1.807) is 11.3 Å². The number of carbonyl (C=O) groups excluding carboxylic acids is 1. The molecule has 25 heavy (non-hydrogen) atoms. The lowest BCUT2D eigenvalue weighted by Crippen LogP contribution is -2.05. The van der Waals surface area contributed by atoms with Gasteiger partial charge in [-0.1, -0.05) is 35.9 Å². The van der Waals surface area contributed by atoms with Crippen LogP contribution in [0.3, 0.4) is 0 Å². The number of thiophene rings is 1. The summed E-state index contributed by atoms with van der Waals surface area (Å²) in [5, 5.41) is 2.61. The number of carbonyl (C=O) groups is 1. The minimum Gasteiger partial charge on any atom is -0.338 e. The molecule has 0 amide bonds. The molecule has 0 saturated heterocycles. The van der Waals surface area contributed by atoms with Gasteiger partial charge in [0.15, 0.2) is 0 Å². The van der Waals surface area contributed by atoms with Crippen molar-refractivity contribution in [3.05, 3.63) is 75.4 Å². The van der Waals surface area contributed by atoms with Crippen molar-refractivity contribution in [2.24, 2.45) is 0 Å². The van der Waals surface area contributed by atoms with Crippen molar-refractivity contribution in [2.45, 2.75) is 12.8 Å². The van der Waals surface area contributed by atoms with E-state index in [-0.39, 0.29) is 5.78 Å². The van der Waals surface area contributed by atoms with E-state index >= 15 is 0 Å². The molecular formula is C20H15ClN2OS. The summed E-state index contributed by atoms with van der Waals surface area (Å²) in [6.07, 6.45) is 0.864. The number of H-pyrrole nitrogens is 1. The maximum Gasteiger partial charge on any atom is 0.142 e. The fourth-order valence-corrected chi connectivity index (χ4v) is 3.78. The lowest BCUT2D eigenvalue weighted by atomic mass is 10.0. The van der Waals surface area contributed by atoms with Crippen molar-refractivity contribution in [3.63, 3.8) is 0 Å². The Labute approximate surface area is 154 Å². The summed E-state index contributed by atoms with van der Waals surface area (Å²) in [5.41, 5.74) is 3.63. The topological polar surface area (TPSA) is 45.8 Å². The number of imidazole rings is 1. The smallest absolute Gasteiger partial charge is 0.142 e. The van der Waals surface area contributed by atoms with Crippen LogP contribution in [0.15, 0.2) is 60.0 Å². The van der Waals surface area contributed by atoms with Crippen LogP contribution in [-0.2, 0) is 17.6 Å². The van der Waals surface area contributed by atoms with Crippen LogP contribution < -0.4 is 0 Å².